The maximum atomic E-state index is 12.3. The van der Waals surface area contributed by atoms with E-state index < -0.39 is 0 Å². The molecule has 6 heteroatoms. The normalized spacial score (nSPS) is 12.6. The number of ether oxygens (including phenoxy) is 2. The summed E-state index contributed by atoms with van der Waals surface area (Å²) in [5.41, 5.74) is 1.48. The van der Waals surface area contributed by atoms with Crippen molar-refractivity contribution < 1.29 is 14.3 Å². The fraction of sp³-hybridized carbons (Fsp3) is 0.235. The lowest BCUT2D eigenvalue weighted by Crippen LogP contribution is -2.32. The van der Waals surface area contributed by atoms with Gasteiger partial charge in [-0.3, -0.25) is 4.79 Å². The first-order valence-corrected chi connectivity index (χ1v) is 7.67. The van der Waals surface area contributed by atoms with Crippen LogP contribution in [0, 0.1) is 0 Å². The monoisotopic (exact) mass is 332 g/mol. The van der Waals surface area contributed by atoms with Crippen LogP contribution in [0.3, 0.4) is 0 Å². The number of nitrogens with zero attached hydrogens (tertiary/aromatic N) is 1. The fourth-order valence-electron chi connectivity index (χ4n) is 2.28. The van der Waals surface area contributed by atoms with E-state index in [0.29, 0.717) is 35.4 Å². The standard InChI is InChI=1S/C17H17ClN2O3/c1-20(12-5-3-2-4-6-12)17(21)11-19-14-10-16-15(9-13(14)18)22-7-8-23-16/h2-6,9-10,19H,7-8,11H2,1H3. The molecule has 1 N–H and O–H groups in total. The van der Waals surface area contributed by atoms with Gasteiger partial charge in [0.1, 0.15) is 13.2 Å². The first-order chi connectivity index (χ1) is 11.1. The van der Waals surface area contributed by atoms with Crippen LogP contribution in [0.4, 0.5) is 11.4 Å². The quantitative estimate of drug-likeness (QED) is 0.934. The average molecular weight is 333 g/mol. The molecule has 0 saturated carbocycles. The molecule has 0 atom stereocenters. The molecule has 0 bridgehead atoms. The number of anilines is 2. The molecule has 2 aromatic carbocycles. The van der Waals surface area contributed by atoms with E-state index in [1.807, 2.05) is 30.3 Å². The van der Waals surface area contributed by atoms with Crippen molar-refractivity contribution in [1.82, 2.24) is 0 Å². The third-order valence-electron chi connectivity index (χ3n) is 3.58. The van der Waals surface area contributed by atoms with Gasteiger partial charge in [-0.05, 0) is 12.1 Å². The predicted octanol–water partition coefficient (Wildman–Crippen LogP) is 3.19. The van der Waals surface area contributed by atoms with Crippen LogP contribution in [0.5, 0.6) is 11.5 Å². The molecule has 0 unspecified atom stereocenters. The maximum Gasteiger partial charge on any atom is 0.246 e. The number of fused-ring (bicyclic) bond motifs is 1. The van der Waals surface area contributed by atoms with Crippen LogP contribution >= 0.6 is 11.6 Å². The lowest BCUT2D eigenvalue weighted by Gasteiger charge is -2.21. The molecule has 2 aromatic rings. The summed E-state index contributed by atoms with van der Waals surface area (Å²) in [6.07, 6.45) is 0. The van der Waals surface area contributed by atoms with Crippen molar-refractivity contribution in [2.24, 2.45) is 0 Å². The van der Waals surface area contributed by atoms with E-state index in [4.69, 9.17) is 21.1 Å². The molecule has 0 spiro atoms. The summed E-state index contributed by atoms with van der Waals surface area (Å²) in [7, 11) is 1.74. The van der Waals surface area contributed by atoms with Crippen molar-refractivity contribution in [3.8, 4) is 11.5 Å². The Morgan fingerprint density at radius 2 is 1.83 bits per heavy atom. The van der Waals surface area contributed by atoms with Gasteiger partial charge in [0, 0.05) is 24.9 Å². The minimum atomic E-state index is -0.0674. The third kappa shape index (κ3) is 3.51. The number of benzene rings is 2. The number of halogens is 1. The molecule has 1 aliphatic heterocycles. The smallest absolute Gasteiger partial charge is 0.246 e. The van der Waals surface area contributed by atoms with Crippen LogP contribution < -0.4 is 19.7 Å². The van der Waals surface area contributed by atoms with Crippen LogP contribution in [0.1, 0.15) is 0 Å². The average Bonchev–Trinajstić information content (AvgIpc) is 2.59. The highest BCUT2D eigenvalue weighted by Crippen LogP contribution is 2.37. The van der Waals surface area contributed by atoms with Crippen LogP contribution in [0.25, 0.3) is 0 Å². The summed E-state index contributed by atoms with van der Waals surface area (Å²) in [4.78, 5) is 13.9. The van der Waals surface area contributed by atoms with E-state index in [-0.39, 0.29) is 12.5 Å². The number of para-hydroxylation sites is 1. The Hall–Kier alpha value is -2.40. The molecule has 0 aliphatic carbocycles. The van der Waals surface area contributed by atoms with E-state index in [2.05, 4.69) is 5.32 Å². The molecular weight excluding hydrogens is 316 g/mol. The topological polar surface area (TPSA) is 50.8 Å². The molecule has 5 nitrogen and oxygen atoms in total. The van der Waals surface area contributed by atoms with Crippen LogP contribution in [0.15, 0.2) is 42.5 Å². The van der Waals surface area contributed by atoms with Crippen molar-refractivity contribution in [2.45, 2.75) is 0 Å². The molecule has 0 fully saturated rings. The Balaban J connectivity index is 1.67. The van der Waals surface area contributed by atoms with Crippen molar-refractivity contribution >= 4 is 28.9 Å². The van der Waals surface area contributed by atoms with Gasteiger partial charge in [-0.15, -0.1) is 0 Å². The van der Waals surface area contributed by atoms with Crippen molar-refractivity contribution in [2.75, 3.05) is 37.0 Å². The highest BCUT2D eigenvalue weighted by atomic mass is 35.5. The van der Waals surface area contributed by atoms with Gasteiger partial charge < -0.3 is 19.7 Å². The third-order valence-corrected chi connectivity index (χ3v) is 3.89. The number of likely N-dealkylation sites (N-methyl/N-ethyl adjacent to an activating group) is 1. The van der Waals surface area contributed by atoms with Crippen molar-refractivity contribution in [3.05, 3.63) is 47.5 Å². The molecule has 1 amide bonds. The zero-order valence-corrected chi connectivity index (χ0v) is 13.5. The van der Waals surface area contributed by atoms with Gasteiger partial charge in [0.25, 0.3) is 0 Å². The summed E-state index contributed by atoms with van der Waals surface area (Å²) in [5, 5.41) is 3.54. The maximum absolute atomic E-state index is 12.3. The van der Waals surface area contributed by atoms with Gasteiger partial charge in [0.15, 0.2) is 11.5 Å². The number of carbonyl (C=O) groups is 1. The Kier molecular flexibility index (Phi) is 4.57. The minimum absolute atomic E-state index is 0.0674. The Labute approximate surface area is 139 Å². The molecule has 120 valence electrons. The van der Waals surface area contributed by atoms with E-state index in [9.17, 15) is 4.79 Å². The summed E-state index contributed by atoms with van der Waals surface area (Å²) in [5.74, 6) is 1.19. The molecular formula is C17H17ClN2O3. The lowest BCUT2D eigenvalue weighted by atomic mass is 10.2. The molecule has 0 aromatic heterocycles. The Morgan fingerprint density at radius 3 is 2.52 bits per heavy atom. The highest BCUT2D eigenvalue weighted by molar-refractivity contribution is 6.33. The van der Waals surface area contributed by atoms with E-state index in [1.54, 1.807) is 24.1 Å². The predicted molar refractivity (Wildman–Crippen MR) is 90.8 cm³/mol. The number of nitrogens with one attached hydrogen (secondary N) is 1. The van der Waals surface area contributed by atoms with Crippen LogP contribution in [0.2, 0.25) is 5.02 Å². The summed E-state index contributed by atoms with van der Waals surface area (Å²) in [6.45, 7) is 1.14. The van der Waals surface area contributed by atoms with Gasteiger partial charge in [0.2, 0.25) is 5.91 Å². The second-order valence-electron chi connectivity index (χ2n) is 5.12. The summed E-state index contributed by atoms with van der Waals surface area (Å²) >= 11 is 6.22. The number of amides is 1. The van der Waals surface area contributed by atoms with Crippen molar-refractivity contribution in [3.63, 3.8) is 0 Å². The first kappa shape index (κ1) is 15.5. The van der Waals surface area contributed by atoms with E-state index in [1.165, 1.54) is 0 Å². The molecule has 1 aliphatic rings. The molecule has 1 heterocycles. The Morgan fingerprint density at radius 1 is 1.17 bits per heavy atom. The summed E-state index contributed by atoms with van der Waals surface area (Å²) < 4.78 is 11.0. The van der Waals surface area contributed by atoms with Gasteiger partial charge in [-0.2, -0.15) is 0 Å². The summed E-state index contributed by atoms with van der Waals surface area (Å²) in [6, 6.07) is 12.9. The first-order valence-electron chi connectivity index (χ1n) is 7.30. The fourth-order valence-corrected chi connectivity index (χ4v) is 2.50. The van der Waals surface area contributed by atoms with E-state index >= 15 is 0 Å². The zero-order chi connectivity index (χ0) is 16.2. The second kappa shape index (κ2) is 6.79. The SMILES string of the molecule is CN(C(=O)CNc1cc2c(cc1Cl)OCCO2)c1ccccc1. The largest absolute Gasteiger partial charge is 0.486 e. The Bertz CT molecular complexity index is 706. The molecule has 23 heavy (non-hydrogen) atoms. The lowest BCUT2D eigenvalue weighted by molar-refractivity contribution is -0.116. The molecule has 0 radical (unpaired) electrons. The number of carbonyl (C=O) groups excluding carboxylic acids is 1. The van der Waals surface area contributed by atoms with Crippen molar-refractivity contribution in [1.29, 1.82) is 0 Å². The van der Waals surface area contributed by atoms with Crippen LogP contribution in [-0.4, -0.2) is 32.7 Å². The highest BCUT2D eigenvalue weighted by Gasteiger charge is 2.16. The molecule has 0 saturated heterocycles. The van der Waals surface area contributed by atoms with Gasteiger partial charge in [-0.1, -0.05) is 29.8 Å². The van der Waals surface area contributed by atoms with Gasteiger partial charge >= 0.3 is 0 Å². The van der Waals surface area contributed by atoms with E-state index in [0.717, 1.165) is 5.69 Å². The number of hydrogen-bond acceptors (Lipinski definition) is 4. The zero-order valence-electron chi connectivity index (χ0n) is 12.7. The van der Waals surface area contributed by atoms with Crippen LogP contribution in [-0.2, 0) is 4.79 Å². The minimum Gasteiger partial charge on any atom is -0.486 e. The molecule has 3 rings (SSSR count). The second-order valence-corrected chi connectivity index (χ2v) is 5.52. The number of rotatable bonds is 4. The van der Waals surface area contributed by atoms with Gasteiger partial charge in [-0.25, -0.2) is 0 Å². The number of hydrogen-bond donors (Lipinski definition) is 1. The van der Waals surface area contributed by atoms with Gasteiger partial charge in [0.05, 0.1) is 17.3 Å².